The number of carbonyl (C=O) groups is 1. The van der Waals surface area contributed by atoms with Crippen molar-refractivity contribution in [1.82, 2.24) is 4.98 Å². The number of aromatic nitrogens is 1. The summed E-state index contributed by atoms with van der Waals surface area (Å²) >= 11 is 1.46. The van der Waals surface area contributed by atoms with Crippen LogP contribution >= 0.6 is 11.3 Å². The Kier molecular flexibility index (Phi) is 5.29. The molecule has 0 radical (unpaired) electrons. The first kappa shape index (κ1) is 19.7. The summed E-state index contributed by atoms with van der Waals surface area (Å²) in [5, 5.41) is 11.5. The van der Waals surface area contributed by atoms with E-state index in [1.54, 1.807) is 4.90 Å². The topological polar surface area (TPSA) is 76.3 Å². The van der Waals surface area contributed by atoms with E-state index in [1.165, 1.54) is 41.2 Å². The van der Waals surface area contributed by atoms with E-state index >= 15 is 0 Å². The molecule has 0 saturated carbocycles. The number of nitro groups is 1. The van der Waals surface area contributed by atoms with Gasteiger partial charge in [-0.15, -0.1) is 0 Å². The van der Waals surface area contributed by atoms with Crippen LogP contribution in [0.1, 0.15) is 27.0 Å². The van der Waals surface area contributed by atoms with Crippen molar-refractivity contribution in [2.75, 3.05) is 4.90 Å². The number of carbonyl (C=O) groups excluding carboxylic acids is 1. The van der Waals surface area contributed by atoms with Crippen molar-refractivity contribution in [3.05, 3.63) is 99.1 Å². The minimum Gasteiger partial charge on any atom is -0.279 e. The highest BCUT2D eigenvalue weighted by Crippen LogP contribution is 2.32. The van der Waals surface area contributed by atoms with Gasteiger partial charge in [0.15, 0.2) is 5.13 Å². The summed E-state index contributed by atoms with van der Waals surface area (Å²) in [6.07, 6.45) is 0. The normalized spacial score (nSPS) is 10.9. The second-order valence-electron chi connectivity index (χ2n) is 7.08. The number of rotatable bonds is 5. The Balaban J connectivity index is 1.76. The van der Waals surface area contributed by atoms with Gasteiger partial charge in [0.1, 0.15) is 0 Å². The van der Waals surface area contributed by atoms with Crippen LogP contribution in [-0.2, 0) is 6.54 Å². The summed E-state index contributed by atoms with van der Waals surface area (Å²) in [7, 11) is 0. The molecule has 150 valence electrons. The van der Waals surface area contributed by atoms with Gasteiger partial charge in [-0.2, -0.15) is 0 Å². The van der Waals surface area contributed by atoms with Gasteiger partial charge in [-0.05, 0) is 54.8 Å². The first-order valence-corrected chi connectivity index (χ1v) is 10.2. The second-order valence-corrected chi connectivity index (χ2v) is 8.09. The van der Waals surface area contributed by atoms with Crippen LogP contribution in [-0.4, -0.2) is 15.8 Å². The number of fused-ring (bicyclic) bond motifs is 1. The summed E-state index contributed by atoms with van der Waals surface area (Å²) in [6.45, 7) is 4.45. The lowest BCUT2D eigenvalue weighted by Crippen LogP contribution is -2.30. The quantitative estimate of drug-likeness (QED) is 0.310. The fourth-order valence-electron chi connectivity index (χ4n) is 3.16. The number of hydrogen-bond donors (Lipinski definition) is 0. The number of aryl methyl sites for hydroxylation is 2. The first-order valence-electron chi connectivity index (χ1n) is 9.40. The third-order valence-corrected chi connectivity index (χ3v) is 6.02. The molecule has 30 heavy (non-hydrogen) atoms. The maximum absolute atomic E-state index is 13.4. The van der Waals surface area contributed by atoms with Crippen molar-refractivity contribution in [2.45, 2.75) is 20.4 Å². The van der Waals surface area contributed by atoms with Crippen LogP contribution in [0.3, 0.4) is 0 Å². The van der Waals surface area contributed by atoms with Gasteiger partial charge in [-0.25, -0.2) is 4.98 Å². The molecule has 0 spiro atoms. The second kappa shape index (κ2) is 8.04. The number of anilines is 1. The number of nitrogens with zero attached hydrogens (tertiary/aromatic N) is 3. The van der Waals surface area contributed by atoms with Crippen molar-refractivity contribution < 1.29 is 9.72 Å². The number of nitro benzene ring substituents is 1. The lowest BCUT2D eigenvalue weighted by atomic mass is 10.1. The van der Waals surface area contributed by atoms with Crippen molar-refractivity contribution in [3.63, 3.8) is 0 Å². The number of thiazole rings is 1. The molecule has 3 aromatic carbocycles. The smallest absolute Gasteiger partial charge is 0.269 e. The van der Waals surface area contributed by atoms with E-state index in [0.29, 0.717) is 17.2 Å². The molecule has 0 bridgehead atoms. The van der Waals surface area contributed by atoms with Gasteiger partial charge >= 0.3 is 0 Å². The minimum atomic E-state index is -0.478. The maximum Gasteiger partial charge on any atom is 0.269 e. The van der Waals surface area contributed by atoms with E-state index in [0.717, 1.165) is 21.3 Å². The van der Waals surface area contributed by atoms with E-state index < -0.39 is 4.92 Å². The van der Waals surface area contributed by atoms with Gasteiger partial charge in [0.25, 0.3) is 11.6 Å². The lowest BCUT2D eigenvalue weighted by Gasteiger charge is -2.20. The third kappa shape index (κ3) is 3.92. The van der Waals surface area contributed by atoms with Gasteiger partial charge in [-0.1, -0.05) is 41.7 Å². The van der Waals surface area contributed by atoms with Crippen LogP contribution in [0.25, 0.3) is 10.2 Å². The van der Waals surface area contributed by atoms with Crippen molar-refractivity contribution >= 4 is 38.3 Å². The minimum absolute atomic E-state index is 0.0490. The Morgan fingerprint density at radius 1 is 1.03 bits per heavy atom. The SMILES string of the molecule is Cc1cc2nc(N(Cc3ccccc3)C(=O)c3ccc([N+](=O)[O-])cc3)sc2cc1C. The maximum atomic E-state index is 13.4. The third-order valence-electron chi connectivity index (χ3n) is 4.98. The van der Waals surface area contributed by atoms with Crippen molar-refractivity contribution in [1.29, 1.82) is 0 Å². The summed E-state index contributed by atoms with van der Waals surface area (Å²) in [5.41, 5.74) is 4.48. The highest BCUT2D eigenvalue weighted by molar-refractivity contribution is 7.22. The Labute approximate surface area is 177 Å². The molecule has 0 aliphatic carbocycles. The number of hydrogen-bond acceptors (Lipinski definition) is 5. The summed E-state index contributed by atoms with van der Waals surface area (Å²) in [4.78, 5) is 30.2. The van der Waals surface area contributed by atoms with E-state index in [4.69, 9.17) is 4.98 Å². The van der Waals surface area contributed by atoms with E-state index in [1.807, 2.05) is 43.3 Å². The molecule has 6 nitrogen and oxygen atoms in total. The predicted molar refractivity (Wildman–Crippen MR) is 119 cm³/mol. The average Bonchev–Trinajstić information content (AvgIpc) is 3.15. The van der Waals surface area contributed by atoms with Crippen molar-refractivity contribution in [3.8, 4) is 0 Å². The fraction of sp³-hybridized carbons (Fsp3) is 0.130. The zero-order chi connectivity index (χ0) is 21.3. The standard InChI is InChI=1S/C23H19N3O3S/c1-15-12-20-21(13-16(15)2)30-23(24-20)25(14-17-6-4-3-5-7-17)22(27)18-8-10-19(11-9-18)26(28)29/h3-13H,14H2,1-2H3. The van der Waals surface area contributed by atoms with Gasteiger partial charge in [0, 0.05) is 17.7 Å². The van der Waals surface area contributed by atoms with Crippen LogP contribution < -0.4 is 4.90 Å². The molecule has 0 N–H and O–H groups in total. The number of benzene rings is 3. The number of non-ortho nitro benzene ring substituents is 1. The van der Waals surface area contributed by atoms with Crippen LogP contribution in [0.2, 0.25) is 0 Å². The van der Waals surface area contributed by atoms with Gasteiger partial charge in [0.2, 0.25) is 0 Å². The molecule has 0 saturated heterocycles. The molecule has 4 aromatic rings. The molecule has 0 aliphatic rings. The molecule has 1 heterocycles. The van der Waals surface area contributed by atoms with Gasteiger partial charge in [-0.3, -0.25) is 19.8 Å². The van der Waals surface area contributed by atoms with Gasteiger partial charge in [0.05, 0.1) is 21.7 Å². The fourth-order valence-corrected chi connectivity index (χ4v) is 4.20. The first-order chi connectivity index (χ1) is 14.4. The highest BCUT2D eigenvalue weighted by atomic mass is 32.1. The average molecular weight is 417 g/mol. The van der Waals surface area contributed by atoms with E-state index in [9.17, 15) is 14.9 Å². The summed E-state index contributed by atoms with van der Waals surface area (Å²) in [6, 6.07) is 19.5. The van der Waals surface area contributed by atoms with E-state index in [2.05, 4.69) is 13.0 Å². The monoisotopic (exact) mass is 417 g/mol. The number of amides is 1. The van der Waals surface area contributed by atoms with Crippen LogP contribution in [0.5, 0.6) is 0 Å². The van der Waals surface area contributed by atoms with Crippen LogP contribution in [0.4, 0.5) is 10.8 Å². The predicted octanol–water partition coefficient (Wildman–Crippen LogP) is 5.67. The molecule has 0 aliphatic heterocycles. The molecular weight excluding hydrogens is 398 g/mol. The summed E-state index contributed by atoms with van der Waals surface area (Å²) < 4.78 is 1.02. The molecule has 0 unspecified atom stereocenters. The molecule has 0 atom stereocenters. The van der Waals surface area contributed by atoms with Crippen LogP contribution in [0.15, 0.2) is 66.7 Å². The Morgan fingerprint density at radius 2 is 1.70 bits per heavy atom. The van der Waals surface area contributed by atoms with Crippen LogP contribution in [0, 0.1) is 24.0 Å². The molecule has 7 heteroatoms. The molecule has 4 rings (SSSR count). The molecular formula is C23H19N3O3S. The Hall–Kier alpha value is -3.58. The Bertz CT molecular complexity index is 1200. The summed E-state index contributed by atoms with van der Waals surface area (Å²) in [5.74, 6) is -0.249. The van der Waals surface area contributed by atoms with Gasteiger partial charge < -0.3 is 0 Å². The van der Waals surface area contributed by atoms with Crippen molar-refractivity contribution in [2.24, 2.45) is 0 Å². The lowest BCUT2D eigenvalue weighted by molar-refractivity contribution is -0.384. The molecule has 1 amide bonds. The molecule has 0 fully saturated rings. The molecule has 1 aromatic heterocycles. The zero-order valence-corrected chi connectivity index (χ0v) is 17.3. The van der Waals surface area contributed by atoms with E-state index in [-0.39, 0.29) is 11.6 Å². The highest BCUT2D eigenvalue weighted by Gasteiger charge is 2.22. The Morgan fingerprint density at radius 3 is 2.37 bits per heavy atom. The zero-order valence-electron chi connectivity index (χ0n) is 16.5. The largest absolute Gasteiger partial charge is 0.279 e.